The van der Waals surface area contributed by atoms with Gasteiger partial charge in [0.2, 0.25) is 0 Å². The van der Waals surface area contributed by atoms with Gasteiger partial charge in [-0.2, -0.15) is 0 Å². The maximum absolute atomic E-state index is 9.54. The molecule has 0 bridgehead atoms. The SMILES string of the molecule is Cc1ccc(Cl)cc1C#CC(O)C(C)C. The Hall–Kier alpha value is -0.970. The summed E-state index contributed by atoms with van der Waals surface area (Å²) in [6.07, 6.45) is -0.580. The van der Waals surface area contributed by atoms with Gasteiger partial charge in [0.05, 0.1) is 0 Å². The fourth-order valence-corrected chi connectivity index (χ4v) is 1.22. The highest BCUT2D eigenvalue weighted by Crippen LogP contribution is 2.14. The Labute approximate surface area is 96.1 Å². The Morgan fingerprint density at radius 1 is 1.33 bits per heavy atom. The van der Waals surface area contributed by atoms with Crippen LogP contribution in [0.4, 0.5) is 0 Å². The van der Waals surface area contributed by atoms with Gasteiger partial charge in [-0.1, -0.05) is 43.4 Å². The summed E-state index contributed by atoms with van der Waals surface area (Å²) in [7, 11) is 0. The number of benzene rings is 1. The van der Waals surface area contributed by atoms with Gasteiger partial charge in [0, 0.05) is 10.6 Å². The van der Waals surface area contributed by atoms with E-state index in [0.717, 1.165) is 11.1 Å². The Morgan fingerprint density at radius 2 is 2.00 bits per heavy atom. The van der Waals surface area contributed by atoms with Crippen molar-refractivity contribution in [1.82, 2.24) is 0 Å². The fourth-order valence-electron chi connectivity index (χ4n) is 1.05. The summed E-state index contributed by atoms with van der Waals surface area (Å²) in [5, 5.41) is 10.2. The van der Waals surface area contributed by atoms with Gasteiger partial charge in [0.15, 0.2) is 0 Å². The molecule has 0 spiro atoms. The van der Waals surface area contributed by atoms with E-state index in [4.69, 9.17) is 11.6 Å². The van der Waals surface area contributed by atoms with Gasteiger partial charge in [-0.3, -0.25) is 0 Å². The third kappa shape index (κ3) is 3.58. The lowest BCUT2D eigenvalue weighted by molar-refractivity contribution is 0.181. The van der Waals surface area contributed by atoms with E-state index in [1.165, 1.54) is 0 Å². The van der Waals surface area contributed by atoms with Crippen molar-refractivity contribution in [1.29, 1.82) is 0 Å². The molecule has 2 heteroatoms. The number of aryl methyl sites for hydroxylation is 1. The lowest BCUT2D eigenvalue weighted by Gasteiger charge is -2.05. The highest BCUT2D eigenvalue weighted by atomic mass is 35.5. The average molecular weight is 223 g/mol. The average Bonchev–Trinajstić information content (AvgIpc) is 2.18. The Bertz CT molecular complexity index is 399. The molecular formula is C13H15ClO. The molecule has 1 rings (SSSR count). The van der Waals surface area contributed by atoms with E-state index in [2.05, 4.69) is 11.8 Å². The van der Waals surface area contributed by atoms with Crippen LogP contribution in [-0.2, 0) is 0 Å². The van der Waals surface area contributed by atoms with Crippen LogP contribution in [0, 0.1) is 24.7 Å². The first kappa shape index (κ1) is 12.1. The zero-order valence-electron chi connectivity index (χ0n) is 9.21. The van der Waals surface area contributed by atoms with Crippen molar-refractivity contribution in [2.24, 2.45) is 5.92 Å². The van der Waals surface area contributed by atoms with E-state index in [1.54, 1.807) is 0 Å². The molecule has 15 heavy (non-hydrogen) atoms. The summed E-state index contributed by atoms with van der Waals surface area (Å²) in [5.41, 5.74) is 1.95. The van der Waals surface area contributed by atoms with Crippen LogP contribution in [0.5, 0.6) is 0 Å². The Balaban J connectivity index is 2.93. The molecule has 0 aliphatic carbocycles. The van der Waals surface area contributed by atoms with Gasteiger partial charge in [-0.25, -0.2) is 0 Å². The van der Waals surface area contributed by atoms with Crippen molar-refractivity contribution >= 4 is 11.6 Å². The van der Waals surface area contributed by atoms with Crippen LogP contribution < -0.4 is 0 Å². The second-order valence-electron chi connectivity index (χ2n) is 3.92. The van der Waals surface area contributed by atoms with Crippen LogP contribution >= 0.6 is 11.6 Å². The number of aliphatic hydroxyl groups excluding tert-OH is 1. The topological polar surface area (TPSA) is 20.2 Å². The van der Waals surface area contributed by atoms with E-state index in [-0.39, 0.29) is 5.92 Å². The summed E-state index contributed by atoms with van der Waals surface area (Å²) >= 11 is 5.86. The molecule has 0 aliphatic rings. The van der Waals surface area contributed by atoms with Crippen molar-refractivity contribution in [3.8, 4) is 11.8 Å². The molecule has 1 N–H and O–H groups in total. The first-order chi connectivity index (χ1) is 7.00. The molecule has 0 fully saturated rings. The van der Waals surface area contributed by atoms with Crippen LogP contribution in [-0.4, -0.2) is 11.2 Å². The summed E-state index contributed by atoms with van der Waals surface area (Å²) in [6.45, 7) is 5.84. The van der Waals surface area contributed by atoms with Crippen molar-refractivity contribution < 1.29 is 5.11 Å². The van der Waals surface area contributed by atoms with E-state index < -0.39 is 6.10 Å². The molecular weight excluding hydrogens is 208 g/mol. The predicted molar refractivity (Wildman–Crippen MR) is 63.9 cm³/mol. The highest BCUT2D eigenvalue weighted by Gasteiger charge is 2.04. The summed E-state index contributed by atoms with van der Waals surface area (Å²) in [5.74, 6) is 5.91. The van der Waals surface area contributed by atoms with E-state index in [1.807, 2.05) is 39.0 Å². The highest BCUT2D eigenvalue weighted by molar-refractivity contribution is 6.30. The minimum Gasteiger partial charge on any atom is -0.380 e. The fraction of sp³-hybridized carbons (Fsp3) is 0.385. The van der Waals surface area contributed by atoms with Crippen LogP contribution in [0.1, 0.15) is 25.0 Å². The maximum atomic E-state index is 9.54. The third-order valence-corrected chi connectivity index (χ3v) is 2.42. The van der Waals surface area contributed by atoms with Crippen LogP contribution in [0.3, 0.4) is 0 Å². The zero-order valence-corrected chi connectivity index (χ0v) is 9.97. The minimum atomic E-state index is -0.580. The molecule has 0 aromatic heterocycles. The van der Waals surface area contributed by atoms with Crippen LogP contribution in [0.25, 0.3) is 0 Å². The molecule has 1 aromatic rings. The maximum Gasteiger partial charge on any atom is 0.117 e. The largest absolute Gasteiger partial charge is 0.380 e. The molecule has 0 saturated heterocycles. The van der Waals surface area contributed by atoms with Crippen molar-refractivity contribution in [3.05, 3.63) is 34.3 Å². The molecule has 0 amide bonds. The minimum absolute atomic E-state index is 0.150. The first-order valence-corrected chi connectivity index (χ1v) is 5.34. The second-order valence-corrected chi connectivity index (χ2v) is 4.35. The predicted octanol–water partition coefficient (Wildman–Crippen LogP) is 3.02. The molecule has 1 nitrogen and oxygen atoms in total. The first-order valence-electron chi connectivity index (χ1n) is 4.96. The van der Waals surface area contributed by atoms with Crippen molar-refractivity contribution in [2.75, 3.05) is 0 Å². The molecule has 0 saturated carbocycles. The Morgan fingerprint density at radius 3 is 2.60 bits per heavy atom. The summed E-state index contributed by atoms with van der Waals surface area (Å²) < 4.78 is 0. The number of rotatable bonds is 1. The molecule has 80 valence electrons. The number of halogens is 1. The van der Waals surface area contributed by atoms with E-state index in [9.17, 15) is 5.11 Å². The van der Waals surface area contributed by atoms with Gasteiger partial charge in [-0.05, 0) is 30.5 Å². The molecule has 1 atom stereocenters. The number of hydrogen-bond acceptors (Lipinski definition) is 1. The Kier molecular flexibility index (Phi) is 4.20. The van der Waals surface area contributed by atoms with Gasteiger partial charge in [0.1, 0.15) is 6.10 Å². The quantitative estimate of drug-likeness (QED) is 0.725. The zero-order chi connectivity index (χ0) is 11.4. The van der Waals surface area contributed by atoms with Gasteiger partial charge >= 0.3 is 0 Å². The lowest BCUT2D eigenvalue weighted by Crippen LogP contribution is -2.11. The normalized spacial score (nSPS) is 12.1. The van der Waals surface area contributed by atoms with Crippen molar-refractivity contribution in [2.45, 2.75) is 26.9 Å². The standard InChI is InChI=1S/C13H15ClO/c1-9(2)13(15)7-5-11-8-12(14)6-4-10(11)3/h4,6,8-9,13,15H,1-3H3. The van der Waals surface area contributed by atoms with Crippen molar-refractivity contribution in [3.63, 3.8) is 0 Å². The number of hydrogen-bond donors (Lipinski definition) is 1. The second kappa shape index (κ2) is 5.21. The molecule has 0 aliphatic heterocycles. The monoisotopic (exact) mass is 222 g/mol. The van der Waals surface area contributed by atoms with Crippen LogP contribution in [0.2, 0.25) is 5.02 Å². The molecule has 1 aromatic carbocycles. The van der Waals surface area contributed by atoms with Gasteiger partial charge in [-0.15, -0.1) is 0 Å². The van der Waals surface area contributed by atoms with E-state index >= 15 is 0 Å². The molecule has 0 heterocycles. The van der Waals surface area contributed by atoms with Gasteiger partial charge < -0.3 is 5.11 Å². The molecule has 1 unspecified atom stereocenters. The number of aliphatic hydroxyl groups is 1. The van der Waals surface area contributed by atoms with E-state index in [0.29, 0.717) is 5.02 Å². The smallest absolute Gasteiger partial charge is 0.117 e. The third-order valence-electron chi connectivity index (χ3n) is 2.19. The van der Waals surface area contributed by atoms with Gasteiger partial charge in [0.25, 0.3) is 0 Å². The van der Waals surface area contributed by atoms with Crippen LogP contribution in [0.15, 0.2) is 18.2 Å². The summed E-state index contributed by atoms with van der Waals surface area (Å²) in [6, 6.07) is 5.58. The lowest BCUT2D eigenvalue weighted by atomic mass is 10.1. The molecule has 0 radical (unpaired) electrons. The summed E-state index contributed by atoms with van der Waals surface area (Å²) in [4.78, 5) is 0.